The topological polar surface area (TPSA) is 76.5 Å². The molecule has 0 fully saturated rings. The molecule has 27 heavy (non-hydrogen) atoms. The summed E-state index contributed by atoms with van der Waals surface area (Å²) >= 11 is 3.35. The number of H-pyrrole nitrogens is 1. The Kier molecular flexibility index (Phi) is 4.94. The van der Waals surface area contributed by atoms with Crippen LogP contribution < -0.4 is 0 Å². The molecule has 3 aromatic rings. The average molecular weight is 442 g/mol. The van der Waals surface area contributed by atoms with Crippen molar-refractivity contribution in [3.05, 3.63) is 50.6 Å². The number of carbonyl (C=O) groups is 1. The van der Waals surface area contributed by atoms with Gasteiger partial charge in [0.1, 0.15) is 6.54 Å². The van der Waals surface area contributed by atoms with E-state index in [4.69, 9.17) is 0 Å². The Bertz CT molecular complexity index is 1020. The maximum Gasteiger partial charge on any atom is 0.408 e. The number of hydrogen-bond donors (Lipinski definition) is 1. The van der Waals surface area contributed by atoms with Gasteiger partial charge in [0, 0.05) is 21.3 Å². The summed E-state index contributed by atoms with van der Waals surface area (Å²) in [4.78, 5) is 16.0. The molecule has 0 atom stereocenters. The molecule has 2 heterocycles. The Labute approximate surface area is 160 Å². The highest BCUT2D eigenvalue weighted by atomic mass is 79.9. The van der Waals surface area contributed by atoms with E-state index in [2.05, 4.69) is 36.4 Å². The number of nitrogens with one attached hydrogen (secondary N) is 1. The second kappa shape index (κ2) is 6.91. The van der Waals surface area contributed by atoms with Gasteiger partial charge < -0.3 is 4.98 Å². The van der Waals surface area contributed by atoms with Crippen LogP contribution in [0.15, 0.2) is 22.7 Å². The fourth-order valence-corrected chi connectivity index (χ4v) is 3.31. The molecule has 10 heteroatoms. The Morgan fingerprint density at radius 1 is 1.26 bits per heavy atom. The fourth-order valence-electron chi connectivity index (χ4n) is 2.95. The SMILES string of the molecule is Cc1ccc(Br)cc1C(=O)c1c(C)[nH]c(-c2nnnn2CC(F)(F)F)c1C. The molecule has 0 aliphatic carbocycles. The Morgan fingerprint density at radius 3 is 2.63 bits per heavy atom. The van der Waals surface area contributed by atoms with Gasteiger partial charge in [-0.05, 0) is 54.5 Å². The maximum absolute atomic E-state index is 13.1. The Morgan fingerprint density at radius 2 is 1.96 bits per heavy atom. The average Bonchev–Trinajstić information content (AvgIpc) is 3.11. The molecule has 0 bridgehead atoms. The monoisotopic (exact) mass is 441 g/mol. The second-order valence-electron chi connectivity index (χ2n) is 6.19. The van der Waals surface area contributed by atoms with Gasteiger partial charge in [-0.1, -0.05) is 22.0 Å². The van der Waals surface area contributed by atoms with Crippen molar-refractivity contribution < 1.29 is 18.0 Å². The zero-order chi connectivity index (χ0) is 19.9. The zero-order valence-electron chi connectivity index (χ0n) is 14.6. The van der Waals surface area contributed by atoms with E-state index in [-0.39, 0.29) is 17.3 Å². The minimum Gasteiger partial charge on any atom is -0.355 e. The van der Waals surface area contributed by atoms with E-state index in [1.165, 1.54) is 0 Å². The van der Waals surface area contributed by atoms with Crippen molar-refractivity contribution in [3.63, 3.8) is 0 Å². The summed E-state index contributed by atoms with van der Waals surface area (Å²) in [5, 5.41) is 10.5. The number of aryl methyl sites for hydroxylation is 2. The van der Waals surface area contributed by atoms with Gasteiger partial charge in [0.15, 0.2) is 11.6 Å². The van der Waals surface area contributed by atoms with Crippen LogP contribution in [0.5, 0.6) is 0 Å². The fraction of sp³-hybridized carbons (Fsp3) is 0.294. The third kappa shape index (κ3) is 3.80. The van der Waals surface area contributed by atoms with Crippen molar-refractivity contribution in [1.29, 1.82) is 0 Å². The Hall–Kier alpha value is -2.49. The molecule has 3 rings (SSSR count). The molecule has 0 saturated carbocycles. The number of aromatic nitrogens is 5. The maximum atomic E-state index is 13.1. The van der Waals surface area contributed by atoms with E-state index >= 15 is 0 Å². The molecule has 142 valence electrons. The number of halogens is 4. The van der Waals surface area contributed by atoms with Gasteiger partial charge in [-0.2, -0.15) is 13.2 Å². The molecular formula is C17H15BrF3N5O. The minimum atomic E-state index is -4.47. The number of nitrogens with zero attached hydrogens (tertiary/aromatic N) is 4. The summed E-state index contributed by atoms with van der Waals surface area (Å²) in [6.07, 6.45) is -4.47. The molecule has 6 nitrogen and oxygen atoms in total. The van der Waals surface area contributed by atoms with E-state index < -0.39 is 12.7 Å². The molecule has 1 aromatic carbocycles. The van der Waals surface area contributed by atoms with Crippen molar-refractivity contribution in [2.75, 3.05) is 0 Å². The van der Waals surface area contributed by atoms with Gasteiger partial charge in [-0.25, -0.2) is 4.68 Å². The van der Waals surface area contributed by atoms with Crippen LogP contribution in [0.1, 0.15) is 32.7 Å². The first-order valence-electron chi connectivity index (χ1n) is 7.92. The van der Waals surface area contributed by atoms with Crippen LogP contribution in [0.3, 0.4) is 0 Å². The molecule has 0 aliphatic rings. The van der Waals surface area contributed by atoms with Crippen LogP contribution in [0.25, 0.3) is 11.5 Å². The van der Waals surface area contributed by atoms with Gasteiger partial charge in [-0.15, -0.1) is 5.10 Å². The molecule has 0 amide bonds. The zero-order valence-corrected chi connectivity index (χ0v) is 16.2. The van der Waals surface area contributed by atoms with Gasteiger partial charge >= 0.3 is 6.18 Å². The summed E-state index contributed by atoms with van der Waals surface area (Å²) < 4.78 is 39.7. The number of rotatable bonds is 4. The van der Waals surface area contributed by atoms with E-state index in [1.807, 2.05) is 19.1 Å². The molecule has 0 spiro atoms. The first-order chi connectivity index (χ1) is 12.6. The second-order valence-corrected chi connectivity index (χ2v) is 7.10. The van der Waals surface area contributed by atoms with Crippen molar-refractivity contribution in [1.82, 2.24) is 25.2 Å². The van der Waals surface area contributed by atoms with Crippen LogP contribution in [0.4, 0.5) is 13.2 Å². The summed E-state index contributed by atoms with van der Waals surface area (Å²) in [6, 6.07) is 5.37. The summed E-state index contributed by atoms with van der Waals surface area (Å²) in [5.74, 6) is -0.293. The lowest BCUT2D eigenvalue weighted by Gasteiger charge is -2.08. The smallest absolute Gasteiger partial charge is 0.355 e. The summed E-state index contributed by atoms with van der Waals surface area (Å²) in [6.45, 7) is 3.85. The van der Waals surface area contributed by atoms with Crippen molar-refractivity contribution in [3.8, 4) is 11.5 Å². The third-order valence-electron chi connectivity index (χ3n) is 4.19. The van der Waals surface area contributed by atoms with Gasteiger partial charge in [0.05, 0.1) is 5.69 Å². The lowest BCUT2D eigenvalue weighted by Crippen LogP contribution is -2.19. The number of ketones is 1. The minimum absolute atomic E-state index is 0.0714. The molecule has 0 unspecified atom stereocenters. The number of alkyl halides is 3. The molecule has 1 N–H and O–H groups in total. The van der Waals surface area contributed by atoms with E-state index in [9.17, 15) is 18.0 Å². The number of tetrazole rings is 1. The predicted octanol–water partition coefficient (Wildman–Crippen LogP) is 4.15. The van der Waals surface area contributed by atoms with E-state index in [0.29, 0.717) is 27.1 Å². The molecule has 0 radical (unpaired) electrons. The van der Waals surface area contributed by atoms with E-state index in [1.54, 1.807) is 19.9 Å². The van der Waals surface area contributed by atoms with E-state index in [0.717, 1.165) is 10.0 Å². The lowest BCUT2D eigenvalue weighted by atomic mass is 9.96. The first-order valence-corrected chi connectivity index (χ1v) is 8.71. The van der Waals surface area contributed by atoms with Crippen LogP contribution in [0.2, 0.25) is 0 Å². The number of carbonyl (C=O) groups excluding carboxylic acids is 1. The Balaban J connectivity index is 2.08. The molecular weight excluding hydrogens is 427 g/mol. The third-order valence-corrected chi connectivity index (χ3v) is 4.69. The quantitative estimate of drug-likeness (QED) is 0.616. The highest BCUT2D eigenvalue weighted by Crippen LogP contribution is 2.30. The van der Waals surface area contributed by atoms with Gasteiger partial charge in [0.25, 0.3) is 0 Å². The van der Waals surface area contributed by atoms with Crippen molar-refractivity contribution in [2.24, 2.45) is 0 Å². The van der Waals surface area contributed by atoms with Crippen LogP contribution in [-0.4, -0.2) is 37.2 Å². The molecule has 0 saturated heterocycles. The first kappa shape index (κ1) is 19.3. The van der Waals surface area contributed by atoms with Crippen LogP contribution >= 0.6 is 15.9 Å². The highest BCUT2D eigenvalue weighted by Gasteiger charge is 2.32. The normalized spacial score (nSPS) is 11.8. The van der Waals surface area contributed by atoms with Crippen LogP contribution in [-0.2, 0) is 6.54 Å². The summed E-state index contributed by atoms with van der Waals surface area (Å²) in [7, 11) is 0. The lowest BCUT2D eigenvalue weighted by molar-refractivity contribution is -0.142. The largest absolute Gasteiger partial charge is 0.408 e. The highest BCUT2D eigenvalue weighted by molar-refractivity contribution is 9.10. The van der Waals surface area contributed by atoms with Gasteiger partial charge in [0.2, 0.25) is 0 Å². The summed E-state index contributed by atoms with van der Waals surface area (Å²) in [5.41, 5.74) is 3.02. The molecule has 0 aliphatic heterocycles. The van der Waals surface area contributed by atoms with Crippen molar-refractivity contribution in [2.45, 2.75) is 33.5 Å². The van der Waals surface area contributed by atoms with Crippen LogP contribution in [0, 0.1) is 20.8 Å². The number of benzene rings is 1. The van der Waals surface area contributed by atoms with Crippen molar-refractivity contribution >= 4 is 21.7 Å². The number of hydrogen-bond acceptors (Lipinski definition) is 4. The molecule has 2 aromatic heterocycles. The van der Waals surface area contributed by atoms with Gasteiger partial charge in [-0.3, -0.25) is 4.79 Å². The standard InChI is InChI=1S/C17H15BrF3N5O/c1-8-4-5-11(18)6-12(8)15(27)13-9(2)14(22-10(13)3)16-23-24-25-26(16)7-17(19,20)21/h4-6,22H,7H2,1-3H3. The predicted molar refractivity (Wildman–Crippen MR) is 95.4 cm³/mol. The number of aromatic amines is 1.